The standard InChI is InChI=1S/C20H29N5O/c1-3-10-25-19(12-16(2)23-25)22-20(26)21-13-18-9-11-24(15-18)14-17-7-5-4-6-8-17/h4-8,12,18H,3,9-11,13-15H2,1-2H3,(H2,21,22,26). The minimum absolute atomic E-state index is 0.149. The summed E-state index contributed by atoms with van der Waals surface area (Å²) in [6.45, 7) is 8.65. The van der Waals surface area contributed by atoms with Crippen LogP contribution in [0, 0.1) is 12.8 Å². The summed E-state index contributed by atoms with van der Waals surface area (Å²) in [7, 11) is 0. The van der Waals surface area contributed by atoms with Crippen molar-refractivity contribution < 1.29 is 4.79 Å². The topological polar surface area (TPSA) is 62.2 Å². The van der Waals surface area contributed by atoms with E-state index < -0.39 is 0 Å². The van der Waals surface area contributed by atoms with E-state index in [1.54, 1.807) is 0 Å². The van der Waals surface area contributed by atoms with Crippen LogP contribution < -0.4 is 10.6 Å². The zero-order valence-electron chi connectivity index (χ0n) is 15.7. The lowest BCUT2D eigenvalue weighted by Gasteiger charge is -2.16. The number of anilines is 1. The summed E-state index contributed by atoms with van der Waals surface area (Å²) >= 11 is 0. The SMILES string of the molecule is CCCn1nc(C)cc1NC(=O)NCC1CCN(Cc2ccccc2)C1. The van der Waals surface area contributed by atoms with E-state index in [0.29, 0.717) is 12.5 Å². The van der Waals surface area contributed by atoms with Gasteiger partial charge < -0.3 is 5.32 Å². The Morgan fingerprint density at radius 2 is 2.12 bits per heavy atom. The lowest BCUT2D eigenvalue weighted by molar-refractivity contribution is 0.249. The summed E-state index contributed by atoms with van der Waals surface area (Å²) in [6.07, 6.45) is 2.11. The van der Waals surface area contributed by atoms with Gasteiger partial charge in [-0.05, 0) is 37.8 Å². The molecule has 0 aliphatic carbocycles. The van der Waals surface area contributed by atoms with Crippen molar-refractivity contribution in [3.8, 4) is 0 Å². The second kappa shape index (κ2) is 8.85. The van der Waals surface area contributed by atoms with Crippen molar-refractivity contribution in [2.24, 2.45) is 5.92 Å². The van der Waals surface area contributed by atoms with Gasteiger partial charge in [0.25, 0.3) is 0 Å². The molecular weight excluding hydrogens is 326 g/mol. The van der Waals surface area contributed by atoms with Gasteiger partial charge in [0, 0.05) is 32.2 Å². The van der Waals surface area contributed by atoms with Gasteiger partial charge >= 0.3 is 6.03 Å². The van der Waals surface area contributed by atoms with Crippen molar-refractivity contribution in [3.05, 3.63) is 47.7 Å². The first-order valence-electron chi connectivity index (χ1n) is 9.49. The Bertz CT molecular complexity index is 712. The Labute approximate surface area is 155 Å². The molecule has 26 heavy (non-hydrogen) atoms. The number of nitrogens with one attached hydrogen (secondary N) is 2. The Morgan fingerprint density at radius 1 is 1.31 bits per heavy atom. The maximum absolute atomic E-state index is 12.2. The molecule has 1 fully saturated rings. The number of amides is 2. The number of carbonyl (C=O) groups excluding carboxylic acids is 1. The molecule has 1 aromatic carbocycles. The zero-order chi connectivity index (χ0) is 18.4. The van der Waals surface area contributed by atoms with Crippen molar-refractivity contribution in [3.63, 3.8) is 0 Å². The number of carbonyl (C=O) groups is 1. The first-order chi connectivity index (χ1) is 12.6. The minimum Gasteiger partial charge on any atom is -0.338 e. The fourth-order valence-corrected chi connectivity index (χ4v) is 3.49. The average Bonchev–Trinajstić information content (AvgIpc) is 3.21. The van der Waals surface area contributed by atoms with Gasteiger partial charge in [-0.15, -0.1) is 0 Å². The highest BCUT2D eigenvalue weighted by atomic mass is 16.2. The van der Waals surface area contributed by atoms with Crippen LogP contribution in [0.1, 0.15) is 31.0 Å². The van der Waals surface area contributed by atoms with Crippen LogP contribution >= 0.6 is 0 Å². The Hall–Kier alpha value is -2.34. The normalized spacial score (nSPS) is 17.4. The summed E-state index contributed by atoms with van der Waals surface area (Å²) in [5.74, 6) is 1.27. The lowest BCUT2D eigenvalue weighted by Crippen LogP contribution is -2.34. The van der Waals surface area contributed by atoms with Crippen molar-refractivity contribution in [2.45, 2.75) is 39.8 Å². The fraction of sp³-hybridized carbons (Fsp3) is 0.500. The highest BCUT2D eigenvalue weighted by Crippen LogP contribution is 2.18. The number of benzene rings is 1. The number of rotatable bonds is 7. The molecule has 0 saturated carbocycles. The molecule has 140 valence electrons. The van der Waals surface area contributed by atoms with Gasteiger partial charge in [-0.3, -0.25) is 10.2 Å². The number of nitrogens with zero attached hydrogens (tertiary/aromatic N) is 3. The molecule has 6 nitrogen and oxygen atoms in total. The second-order valence-electron chi connectivity index (χ2n) is 7.10. The highest BCUT2D eigenvalue weighted by Gasteiger charge is 2.23. The maximum atomic E-state index is 12.2. The average molecular weight is 355 g/mol. The van der Waals surface area contributed by atoms with Gasteiger partial charge in [-0.1, -0.05) is 37.3 Å². The molecular formula is C20H29N5O. The Balaban J connectivity index is 1.42. The Morgan fingerprint density at radius 3 is 2.88 bits per heavy atom. The fourth-order valence-electron chi connectivity index (χ4n) is 3.49. The molecule has 1 aliphatic rings. The summed E-state index contributed by atoms with van der Waals surface area (Å²) in [4.78, 5) is 14.7. The molecule has 1 saturated heterocycles. The molecule has 2 heterocycles. The Kier molecular flexibility index (Phi) is 6.28. The predicted molar refractivity (Wildman–Crippen MR) is 104 cm³/mol. The van der Waals surface area contributed by atoms with Crippen LogP contribution in [0.3, 0.4) is 0 Å². The third-order valence-electron chi connectivity index (χ3n) is 4.75. The molecule has 2 N–H and O–H groups in total. The molecule has 0 radical (unpaired) electrons. The molecule has 1 aliphatic heterocycles. The summed E-state index contributed by atoms with van der Waals surface area (Å²) in [5.41, 5.74) is 2.26. The van der Waals surface area contributed by atoms with E-state index >= 15 is 0 Å². The van der Waals surface area contributed by atoms with E-state index in [1.165, 1.54) is 5.56 Å². The molecule has 0 bridgehead atoms. The van der Waals surface area contributed by atoms with E-state index in [1.807, 2.05) is 23.7 Å². The van der Waals surface area contributed by atoms with E-state index in [-0.39, 0.29) is 6.03 Å². The number of likely N-dealkylation sites (tertiary alicyclic amines) is 1. The molecule has 6 heteroatoms. The summed E-state index contributed by atoms with van der Waals surface area (Å²) in [6, 6.07) is 12.3. The van der Waals surface area contributed by atoms with Gasteiger partial charge in [0.15, 0.2) is 0 Å². The molecule has 1 aromatic heterocycles. The number of hydrogen-bond acceptors (Lipinski definition) is 3. The van der Waals surface area contributed by atoms with Crippen molar-refractivity contribution in [1.82, 2.24) is 20.0 Å². The van der Waals surface area contributed by atoms with E-state index in [9.17, 15) is 4.79 Å². The lowest BCUT2D eigenvalue weighted by atomic mass is 10.1. The van der Waals surface area contributed by atoms with E-state index in [4.69, 9.17) is 0 Å². The molecule has 1 atom stereocenters. The highest BCUT2D eigenvalue weighted by molar-refractivity contribution is 5.88. The van der Waals surface area contributed by atoms with Crippen LogP contribution in [0.2, 0.25) is 0 Å². The quantitative estimate of drug-likeness (QED) is 0.801. The first-order valence-corrected chi connectivity index (χ1v) is 9.49. The van der Waals surface area contributed by atoms with Crippen LogP contribution in [-0.2, 0) is 13.1 Å². The van der Waals surface area contributed by atoms with Crippen LogP contribution in [-0.4, -0.2) is 40.3 Å². The van der Waals surface area contributed by atoms with Gasteiger partial charge in [0.05, 0.1) is 5.69 Å². The van der Waals surface area contributed by atoms with Crippen molar-refractivity contribution in [2.75, 3.05) is 25.0 Å². The van der Waals surface area contributed by atoms with Crippen LogP contribution in [0.15, 0.2) is 36.4 Å². The predicted octanol–water partition coefficient (Wildman–Crippen LogP) is 3.25. The number of aryl methyl sites for hydroxylation is 2. The van der Waals surface area contributed by atoms with Crippen LogP contribution in [0.25, 0.3) is 0 Å². The third-order valence-corrected chi connectivity index (χ3v) is 4.75. The van der Waals surface area contributed by atoms with E-state index in [2.05, 4.69) is 51.8 Å². The van der Waals surface area contributed by atoms with Gasteiger partial charge in [0.2, 0.25) is 0 Å². The smallest absolute Gasteiger partial charge is 0.320 e. The molecule has 1 unspecified atom stereocenters. The molecule has 0 spiro atoms. The van der Waals surface area contributed by atoms with Crippen LogP contribution in [0.4, 0.5) is 10.6 Å². The summed E-state index contributed by atoms with van der Waals surface area (Å²) < 4.78 is 1.85. The molecule has 3 rings (SSSR count). The second-order valence-corrected chi connectivity index (χ2v) is 7.10. The van der Waals surface area contributed by atoms with Gasteiger partial charge in [0.1, 0.15) is 5.82 Å². The van der Waals surface area contributed by atoms with Gasteiger partial charge in [-0.2, -0.15) is 5.10 Å². The third kappa shape index (κ3) is 5.08. The largest absolute Gasteiger partial charge is 0.338 e. The first kappa shape index (κ1) is 18.5. The molecule has 2 aromatic rings. The zero-order valence-corrected chi connectivity index (χ0v) is 15.7. The number of urea groups is 1. The van der Waals surface area contributed by atoms with Crippen LogP contribution in [0.5, 0.6) is 0 Å². The van der Waals surface area contributed by atoms with E-state index in [0.717, 1.165) is 50.5 Å². The number of hydrogen-bond donors (Lipinski definition) is 2. The monoisotopic (exact) mass is 355 g/mol. The molecule has 2 amide bonds. The van der Waals surface area contributed by atoms with Crippen molar-refractivity contribution >= 4 is 11.8 Å². The summed E-state index contributed by atoms with van der Waals surface area (Å²) in [5, 5.41) is 10.4. The van der Waals surface area contributed by atoms with Gasteiger partial charge in [-0.25, -0.2) is 9.48 Å². The van der Waals surface area contributed by atoms with Crippen molar-refractivity contribution in [1.29, 1.82) is 0 Å². The maximum Gasteiger partial charge on any atom is 0.320 e. The minimum atomic E-state index is -0.149. The number of aromatic nitrogens is 2.